The van der Waals surface area contributed by atoms with Crippen LogP contribution in [0.15, 0.2) is 23.0 Å². The molecule has 0 saturated heterocycles. The summed E-state index contributed by atoms with van der Waals surface area (Å²) in [4.78, 5) is 48.5. The monoisotopic (exact) mass is 398 g/mol. The quantitative estimate of drug-likeness (QED) is 0.734. The van der Waals surface area contributed by atoms with E-state index < -0.39 is 29.9 Å². The predicted molar refractivity (Wildman–Crippen MR) is 100 cm³/mol. The van der Waals surface area contributed by atoms with E-state index in [1.807, 2.05) is 6.07 Å². The van der Waals surface area contributed by atoms with Crippen molar-refractivity contribution in [2.45, 2.75) is 20.4 Å². The van der Waals surface area contributed by atoms with Gasteiger partial charge in [0.25, 0.3) is 5.56 Å². The lowest BCUT2D eigenvalue weighted by molar-refractivity contribution is -0.117. The second-order valence-electron chi connectivity index (χ2n) is 5.95. The van der Waals surface area contributed by atoms with Gasteiger partial charge < -0.3 is 14.8 Å². The van der Waals surface area contributed by atoms with E-state index in [4.69, 9.17) is 5.26 Å². The molecule has 2 aromatic rings. The van der Waals surface area contributed by atoms with Crippen LogP contribution in [0.25, 0.3) is 0 Å². The molecule has 0 fully saturated rings. The number of anilines is 1. The first-order valence-electron chi connectivity index (χ1n) is 8.32. The zero-order valence-corrected chi connectivity index (χ0v) is 16.2. The highest BCUT2D eigenvalue weighted by Crippen LogP contribution is 2.20. The maximum absolute atomic E-state index is 12.5. The number of methoxy groups -OCH3 is 2. The summed E-state index contributed by atoms with van der Waals surface area (Å²) in [7, 11) is 2.36. The van der Waals surface area contributed by atoms with Gasteiger partial charge in [-0.25, -0.2) is 14.3 Å². The van der Waals surface area contributed by atoms with Gasteiger partial charge in [-0.05, 0) is 37.6 Å². The van der Waals surface area contributed by atoms with Crippen LogP contribution >= 0.6 is 0 Å². The normalized spacial score (nSPS) is 10.0. The molecule has 0 saturated carbocycles. The van der Waals surface area contributed by atoms with Gasteiger partial charge in [-0.15, -0.1) is 0 Å². The third kappa shape index (κ3) is 4.47. The van der Waals surface area contributed by atoms with Crippen LogP contribution in [0.4, 0.5) is 5.69 Å². The zero-order chi connectivity index (χ0) is 21.7. The first-order chi connectivity index (χ1) is 13.7. The number of esters is 2. The standard InChI is InChI=1S/C19H18N4O6/c1-10-11(2)22-23(17(25)14(10)8-20)9-16(24)21-15-7-12(18(26)28-3)5-6-13(15)19(27)29-4/h5-7H,9H2,1-4H3,(H,21,24). The number of carbonyl (C=O) groups excluding carboxylic acids is 3. The molecule has 10 nitrogen and oxygen atoms in total. The topological polar surface area (TPSA) is 140 Å². The molecule has 0 radical (unpaired) electrons. The van der Waals surface area contributed by atoms with Crippen LogP contribution in [0, 0.1) is 25.2 Å². The average molecular weight is 398 g/mol. The van der Waals surface area contributed by atoms with Crippen molar-refractivity contribution in [1.29, 1.82) is 5.26 Å². The molecule has 10 heteroatoms. The summed E-state index contributed by atoms with van der Waals surface area (Å²) in [5.74, 6) is -2.09. The first-order valence-corrected chi connectivity index (χ1v) is 8.32. The molecule has 0 bridgehead atoms. The molecule has 1 aromatic heterocycles. The number of nitrogens with zero attached hydrogens (tertiary/aromatic N) is 3. The number of aromatic nitrogens is 2. The number of hydrogen-bond donors (Lipinski definition) is 1. The van der Waals surface area contributed by atoms with Crippen LogP contribution in [-0.4, -0.2) is 41.8 Å². The highest BCUT2D eigenvalue weighted by molar-refractivity contribution is 6.03. The second-order valence-corrected chi connectivity index (χ2v) is 5.95. The Kier molecular flexibility index (Phi) is 6.46. The van der Waals surface area contributed by atoms with E-state index in [9.17, 15) is 19.2 Å². The number of carbonyl (C=O) groups is 3. The Hall–Kier alpha value is -4.00. The van der Waals surface area contributed by atoms with Gasteiger partial charge in [0, 0.05) is 0 Å². The lowest BCUT2D eigenvalue weighted by Crippen LogP contribution is -2.32. The van der Waals surface area contributed by atoms with E-state index in [1.165, 1.54) is 32.4 Å². The van der Waals surface area contributed by atoms with E-state index in [0.29, 0.717) is 11.3 Å². The minimum atomic E-state index is -0.732. The smallest absolute Gasteiger partial charge is 0.339 e. The molecule has 0 unspecified atom stereocenters. The van der Waals surface area contributed by atoms with Gasteiger partial charge in [0.05, 0.1) is 36.7 Å². The molecule has 0 spiro atoms. The van der Waals surface area contributed by atoms with E-state index in [1.54, 1.807) is 13.8 Å². The molecule has 0 atom stereocenters. The predicted octanol–water partition coefficient (Wildman–Crippen LogP) is 0.944. The number of aryl methyl sites for hydroxylation is 1. The van der Waals surface area contributed by atoms with E-state index in [-0.39, 0.29) is 22.4 Å². The van der Waals surface area contributed by atoms with Crippen molar-refractivity contribution < 1.29 is 23.9 Å². The fraction of sp³-hybridized carbons (Fsp3) is 0.263. The van der Waals surface area contributed by atoms with Gasteiger partial charge in [-0.3, -0.25) is 9.59 Å². The fourth-order valence-electron chi connectivity index (χ4n) is 2.52. The molecule has 1 N–H and O–H groups in total. The number of nitrogens with one attached hydrogen (secondary N) is 1. The van der Waals surface area contributed by atoms with Crippen molar-refractivity contribution in [1.82, 2.24) is 9.78 Å². The van der Waals surface area contributed by atoms with Gasteiger partial charge >= 0.3 is 11.9 Å². The van der Waals surface area contributed by atoms with Crippen LogP contribution in [0.3, 0.4) is 0 Å². The van der Waals surface area contributed by atoms with Crippen molar-refractivity contribution in [2.75, 3.05) is 19.5 Å². The van der Waals surface area contributed by atoms with E-state index >= 15 is 0 Å². The van der Waals surface area contributed by atoms with Crippen molar-refractivity contribution in [3.05, 3.63) is 56.5 Å². The minimum absolute atomic E-state index is 0.00198. The largest absolute Gasteiger partial charge is 0.465 e. The van der Waals surface area contributed by atoms with E-state index in [0.717, 1.165) is 4.68 Å². The van der Waals surface area contributed by atoms with Crippen molar-refractivity contribution >= 4 is 23.5 Å². The van der Waals surface area contributed by atoms with Crippen LogP contribution in [0.2, 0.25) is 0 Å². The summed E-state index contributed by atoms with van der Waals surface area (Å²) in [5.41, 5.74) is 0.165. The Morgan fingerprint density at radius 3 is 2.41 bits per heavy atom. The number of ether oxygens (including phenoxy) is 2. The molecular weight excluding hydrogens is 380 g/mol. The molecule has 0 aliphatic carbocycles. The van der Waals surface area contributed by atoms with Crippen molar-refractivity contribution in [3.63, 3.8) is 0 Å². The van der Waals surface area contributed by atoms with E-state index in [2.05, 4.69) is 19.9 Å². The summed E-state index contributed by atoms with van der Waals surface area (Å²) < 4.78 is 10.2. The van der Waals surface area contributed by atoms with Gasteiger partial charge in [0.15, 0.2) is 0 Å². The number of rotatable bonds is 5. The maximum Gasteiger partial charge on any atom is 0.339 e. The Labute approximate surface area is 165 Å². The third-order valence-electron chi connectivity index (χ3n) is 4.16. The summed E-state index contributed by atoms with van der Waals surface area (Å²) in [6, 6.07) is 5.72. The van der Waals surface area contributed by atoms with Gasteiger partial charge in [0.1, 0.15) is 18.2 Å². The summed E-state index contributed by atoms with van der Waals surface area (Å²) in [6.45, 7) is 2.70. The lowest BCUT2D eigenvalue weighted by atomic mass is 10.1. The number of amides is 1. The highest BCUT2D eigenvalue weighted by Gasteiger charge is 2.19. The highest BCUT2D eigenvalue weighted by atomic mass is 16.5. The Morgan fingerprint density at radius 1 is 1.17 bits per heavy atom. The molecule has 0 aliphatic rings. The SMILES string of the molecule is COC(=O)c1ccc(C(=O)OC)c(NC(=O)Cn2nc(C)c(C)c(C#N)c2=O)c1. The molecule has 150 valence electrons. The van der Waals surface area contributed by atoms with Crippen LogP contribution < -0.4 is 10.9 Å². The van der Waals surface area contributed by atoms with Gasteiger partial charge in [0.2, 0.25) is 5.91 Å². The molecule has 1 aromatic carbocycles. The molecule has 2 rings (SSSR count). The lowest BCUT2D eigenvalue weighted by Gasteiger charge is -2.12. The Morgan fingerprint density at radius 2 is 1.83 bits per heavy atom. The first kappa shape index (κ1) is 21.3. The molecule has 29 heavy (non-hydrogen) atoms. The Bertz CT molecular complexity index is 1100. The zero-order valence-electron chi connectivity index (χ0n) is 16.2. The van der Waals surface area contributed by atoms with Gasteiger partial charge in [-0.2, -0.15) is 10.4 Å². The molecule has 1 heterocycles. The number of nitriles is 1. The van der Waals surface area contributed by atoms with Crippen LogP contribution in [-0.2, 0) is 20.8 Å². The summed E-state index contributed by atoms with van der Waals surface area (Å²) in [6.07, 6.45) is 0. The fourth-order valence-corrected chi connectivity index (χ4v) is 2.52. The average Bonchev–Trinajstić information content (AvgIpc) is 2.71. The number of hydrogen-bond acceptors (Lipinski definition) is 8. The summed E-state index contributed by atoms with van der Waals surface area (Å²) in [5, 5.41) is 15.6. The second kappa shape index (κ2) is 8.79. The molecule has 1 amide bonds. The van der Waals surface area contributed by atoms with Crippen LogP contribution in [0.1, 0.15) is 37.5 Å². The minimum Gasteiger partial charge on any atom is -0.465 e. The van der Waals surface area contributed by atoms with Crippen molar-refractivity contribution in [2.24, 2.45) is 0 Å². The summed E-state index contributed by atoms with van der Waals surface area (Å²) >= 11 is 0. The Balaban J connectivity index is 2.39. The third-order valence-corrected chi connectivity index (χ3v) is 4.16. The number of benzene rings is 1. The maximum atomic E-state index is 12.5. The van der Waals surface area contributed by atoms with Gasteiger partial charge in [-0.1, -0.05) is 0 Å². The van der Waals surface area contributed by atoms with Crippen molar-refractivity contribution in [3.8, 4) is 6.07 Å². The molecular formula is C19H18N4O6. The molecule has 0 aliphatic heterocycles. The van der Waals surface area contributed by atoms with Crippen LogP contribution in [0.5, 0.6) is 0 Å².